The van der Waals surface area contributed by atoms with Crippen LogP contribution in [0.25, 0.3) is 0 Å². The summed E-state index contributed by atoms with van der Waals surface area (Å²) in [5.41, 5.74) is 1.97. The molecule has 1 N–H and O–H groups in total. The SMILES string of the molecule is Cc1c(C2CCCCC2)noc1NC(=O)CCc1nncn1C. The molecule has 0 radical (unpaired) electrons. The van der Waals surface area contributed by atoms with Crippen LogP contribution in [0.3, 0.4) is 0 Å². The summed E-state index contributed by atoms with van der Waals surface area (Å²) < 4.78 is 7.18. The number of aryl methyl sites for hydroxylation is 2. The molecule has 0 unspecified atom stereocenters. The predicted molar refractivity (Wildman–Crippen MR) is 85.0 cm³/mol. The molecule has 3 rings (SSSR count). The first-order valence-corrected chi connectivity index (χ1v) is 8.24. The van der Waals surface area contributed by atoms with Crippen molar-refractivity contribution in [2.75, 3.05) is 5.32 Å². The Balaban J connectivity index is 1.58. The third-order valence-corrected chi connectivity index (χ3v) is 4.59. The van der Waals surface area contributed by atoms with Gasteiger partial charge in [0.15, 0.2) is 0 Å². The zero-order chi connectivity index (χ0) is 16.2. The Kier molecular flexibility index (Phi) is 4.73. The summed E-state index contributed by atoms with van der Waals surface area (Å²) in [6, 6.07) is 0. The summed E-state index contributed by atoms with van der Waals surface area (Å²) >= 11 is 0. The van der Waals surface area contributed by atoms with E-state index in [1.807, 2.05) is 18.5 Å². The van der Waals surface area contributed by atoms with Crippen molar-refractivity contribution >= 4 is 11.8 Å². The fraction of sp³-hybridized carbons (Fsp3) is 0.625. The lowest BCUT2D eigenvalue weighted by molar-refractivity contribution is -0.116. The molecule has 0 aliphatic heterocycles. The summed E-state index contributed by atoms with van der Waals surface area (Å²) in [7, 11) is 1.87. The molecule has 0 spiro atoms. The average molecular weight is 317 g/mol. The Hall–Kier alpha value is -2.18. The molecule has 0 atom stereocenters. The lowest BCUT2D eigenvalue weighted by atomic mass is 9.86. The van der Waals surface area contributed by atoms with Crippen molar-refractivity contribution in [3.05, 3.63) is 23.4 Å². The minimum atomic E-state index is -0.0950. The van der Waals surface area contributed by atoms with Gasteiger partial charge in [-0.15, -0.1) is 10.2 Å². The highest BCUT2D eigenvalue weighted by Gasteiger charge is 2.23. The Morgan fingerprint density at radius 1 is 1.39 bits per heavy atom. The second-order valence-corrected chi connectivity index (χ2v) is 6.26. The van der Waals surface area contributed by atoms with E-state index in [-0.39, 0.29) is 5.91 Å². The molecule has 124 valence electrons. The number of carbonyl (C=O) groups is 1. The third kappa shape index (κ3) is 3.60. The van der Waals surface area contributed by atoms with Crippen molar-refractivity contribution < 1.29 is 9.32 Å². The van der Waals surface area contributed by atoms with Gasteiger partial charge in [-0.1, -0.05) is 24.4 Å². The second-order valence-electron chi connectivity index (χ2n) is 6.26. The van der Waals surface area contributed by atoms with Gasteiger partial charge in [0.05, 0.1) is 5.69 Å². The van der Waals surface area contributed by atoms with E-state index >= 15 is 0 Å². The summed E-state index contributed by atoms with van der Waals surface area (Å²) in [6.07, 6.45) is 8.63. The van der Waals surface area contributed by atoms with Crippen LogP contribution in [0.1, 0.15) is 61.5 Å². The van der Waals surface area contributed by atoms with Gasteiger partial charge >= 0.3 is 0 Å². The van der Waals surface area contributed by atoms with Crippen LogP contribution in [0, 0.1) is 6.92 Å². The van der Waals surface area contributed by atoms with Gasteiger partial charge in [-0.3, -0.25) is 10.1 Å². The lowest BCUT2D eigenvalue weighted by Crippen LogP contribution is -2.14. The topological polar surface area (TPSA) is 85.8 Å². The number of amides is 1. The Morgan fingerprint density at radius 2 is 2.17 bits per heavy atom. The molecule has 1 fully saturated rings. The van der Waals surface area contributed by atoms with Crippen molar-refractivity contribution in [2.24, 2.45) is 7.05 Å². The molecule has 0 bridgehead atoms. The molecular weight excluding hydrogens is 294 g/mol. The Labute approximate surface area is 135 Å². The van der Waals surface area contributed by atoms with Gasteiger partial charge in [0.25, 0.3) is 0 Å². The molecule has 1 amide bonds. The summed E-state index contributed by atoms with van der Waals surface area (Å²) in [4.78, 5) is 12.1. The molecule has 1 aliphatic carbocycles. The maximum absolute atomic E-state index is 12.1. The number of nitrogens with one attached hydrogen (secondary N) is 1. The third-order valence-electron chi connectivity index (χ3n) is 4.59. The minimum absolute atomic E-state index is 0.0950. The smallest absolute Gasteiger partial charge is 0.234 e. The molecule has 1 saturated carbocycles. The molecule has 23 heavy (non-hydrogen) atoms. The molecule has 7 nitrogen and oxygen atoms in total. The van der Waals surface area contributed by atoms with Gasteiger partial charge in [0, 0.05) is 31.4 Å². The molecule has 2 aromatic rings. The Bertz CT molecular complexity index is 670. The minimum Gasteiger partial charge on any atom is -0.338 e. The van der Waals surface area contributed by atoms with Crippen molar-refractivity contribution in [1.82, 2.24) is 19.9 Å². The van der Waals surface area contributed by atoms with Gasteiger partial charge in [-0.05, 0) is 19.8 Å². The maximum Gasteiger partial charge on any atom is 0.234 e. The maximum atomic E-state index is 12.1. The molecule has 0 saturated heterocycles. The highest BCUT2D eigenvalue weighted by atomic mass is 16.5. The molecule has 0 aromatic carbocycles. The largest absolute Gasteiger partial charge is 0.338 e. The van der Waals surface area contributed by atoms with Crippen molar-refractivity contribution in [3.63, 3.8) is 0 Å². The van der Waals surface area contributed by atoms with Gasteiger partial charge < -0.3 is 9.09 Å². The van der Waals surface area contributed by atoms with Crippen LogP contribution in [0.5, 0.6) is 0 Å². The van der Waals surface area contributed by atoms with E-state index < -0.39 is 0 Å². The first-order valence-electron chi connectivity index (χ1n) is 8.24. The van der Waals surface area contributed by atoms with Gasteiger partial charge in [-0.2, -0.15) is 0 Å². The van der Waals surface area contributed by atoms with Gasteiger partial charge in [0.1, 0.15) is 12.2 Å². The summed E-state index contributed by atoms with van der Waals surface area (Å²) in [5.74, 6) is 1.64. The molecular formula is C16H23N5O2. The predicted octanol–water partition coefficient (Wildman–Crippen LogP) is 2.73. The molecule has 2 heterocycles. The number of nitrogens with zero attached hydrogens (tertiary/aromatic N) is 4. The molecule has 2 aromatic heterocycles. The van der Waals surface area contributed by atoms with E-state index in [4.69, 9.17) is 4.52 Å². The highest BCUT2D eigenvalue weighted by Crippen LogP contribution is 2.35. The number of hydrogen-bond acceptors (Lipinski definition) is 5. The monoisotopic (exact) mass is 317 g/mol. The van der Waals surface area contributed by atoms with Crippen LogP contribution >= 0.6 is 0 Å². The van der Waals surface area contributed by atoms with Crippen LogP contribution in [0.2, 0.25) is 0 Å². The standard InChI is InChI=1S/C16H23N5O2/c1-11-15(12-6-4-3-5-7-12)20-23-16(11)18-14(22)9-8-13-19-17-10-21(13)2/h10,12H,3-9H2,1-2H3,(H,18,22). The zero-order valence-electron chi connectivity index (χ0n) is 13.7. The average Bonchev–Trinajstić information content (AvgIpc) is 3.13. The van der Waals surface area contributed by atoms with E-state index in [1.54, 1.807) is 6.33 Å². The number of hydrogen-bond donors (Lipinski definition) is 1. The van der Waals surface area contributed by atoms with E-state index in [0.29, 0.717) is 24.6 Å². The summed E-state index contributed by atoms with van der Waals surface area (Å²) in [6.45, 7) is 1.97. The fourth-order valence-electron chi connectivity index (χ4n) is 3.17. The van der Waals surface area contributed by atoms with E-state index in [2.05, 4.69) is 20.7 Å². The summed E-state index contributed by atoms with van der Waals surface area (Å²) in [5, 5.41) is 14.8. The fourth-order valence-corrected chi connectivity index (χ4v) is 3.17. The number of carbonyl (C=O) groups excluding carboxylic acids is 1. The van der Waals surface area contributed by atoms with E-state index in [9.17, 15) is 4.79 Å². The number of anilines is 1. The van der Waals surface area contributed by atoms with E-state index in [0.717, 1.165) is 29.9 Å². The quantitative estimate of drug-likeness (QED) is 0.916. The van der Waals surface area contributed by atoms with Crippen LogP contribution in [-0.4, -0.2) is 25.8 Å². The Morgan fingerprint density at radius 3 is 2.87 bits per heavy atom. The van der Waals surface area contributed by atoms with Crippen molar-refractivity contribution in [2.45, 2.75) is 57.8 Å². The van der Waals surface area contributed by atoms with Crippen molar-refractivity contribution in [1.29, 1.82) is 0 Å². The van der Waals surface area contributed by atoms with Gasteiger partial charge in [0.2, 0.25) is 11.8 Å². The first kappa shape index (κ1) is 15.7. The van der Waals surface area contributed by atoms with Gasteiger partial charge in [-0.25, -0.2) is 0 Å². The highest BCUT2D eigenvalue weighted by molar-refractivity contribution is 5.90. The second kappa shape index (κ2) is 6.93. The van der Waals surface area contributed by atoms with E-state index in [1.165, 1.54) is 19.3 Å². The zero-order valence-corrected chi connectivity index (χ0v) is 13.7. The number of rotatable bonds is 5. The van der Waals surface area contributed by atoms with Crippen LogP contribution in [0.4, 0.5) is 5.88 Å². The molecule has 1 aliphatic rings. The molecule has 7 heteroatoms. The van der Waals surface area contributed by atoms with Crippen LogP contribution in [0.15, 0.2) is 10.9 Å². The van der Waals surface area contributed by atoms with Crippen LogP contribution in [-0.2, 0) is 18.3 Å². The number of aromatic nitrogens is 4. The van der Waals surface area contributed by atoms with Crippen molar-refractivity contribution in [3.8, 4) is 0 Å². The van der Waals surface area contributed by atoms with Crippen LogP contribution < -0.4 is 5.32 Å². The lowest BCUT2D eigenvalue weighted by Gasteiger charge is -2.19. The first-order chi connectivity index (χ1) is 11.1. The normalized spacial score (nSPS) is 15.7.